The molecule has 0 radical (unpaired) electrons. The molecule has 3 nitrogen and oxygen atoms in total. The lowest BCUT2D eigenvalue weighted by molar-refractivity contribution is -0.0728. The summed E-state index contributed by atoms with van der Waals surface area (Å²) in [6.07, 6.45) is 2.85. The van der Waals surface area contributed by atoms with E-state index in [2.05, 4.69) is 31.1 Å². The van der Waals surface area contributed by atoms with Crippen molar-refractivity contribution in [2.24, 2.45) is 5.92 Å². The molecule has 2 aliphatic rings. The van der Waals surface area contributed by atoms with Gasteiger partial charge >= 0.3 is 0 Å². The van der Waals surface area contributed by atoms with Crippen LogP contribution in [0, 0.1) is 5.92 Å². The molecule has 88 valence electrons. The Kier molecular flexibility index (Phi) is 3.33. The fourth-order valence-electron chi connectivity index (χ4n) is 2.16. The first-order chi connectivity index (χ1) is 7.11. The Labute approximate surface area is 93.2 Å². The van der Waals surface area contributed by atoms with Crippen LogP contribution in [0.25, 0.3) is 0 Å². The fourth-order valence-corrected chi connectivity index (χ4v) is 2.16. The third kappa shape index (κ3) is 2.92. The second kappa shape index (κ2) is 4.40. The smallest absolute Gasteiger partial charge is 0.0902 e. The van der Waals surface area contributed by atoms with Gasteiger partial charge in [-0.05, 0) is 39.7 Å². The third-order valence-corrected chi connectivity index (χ3v) is 3.89. The Morgan fingerprint density at radius 3 is 2.60 bits per heavy atom. The van der Waals surface area contributed by atoms with E-state index in [1.165, 1.54) is 12.8 Å². The molecule has 0 aromatic rings. The number of hydrogen-bond acceptors (Lipinski definition) is 3. The van der Waals surface area contributed by atoms with Crippen LogP contribution in [-0.2, 0) is 4.74 Å². The van der Waals surface area contributed by atoms with Gasteiger partial charge in [0.15, 0.2) is 0 Å². The Morgan fingerprint density at radius 1 is 1.47 bits per heavy atom. The van der Waals surface area contributed by atoms with Crippen molar-refractivity contribution in [1.82, 2.24) is 10.2 Å². The van der Waals surface area contributed by atoms with Crippen molar-refractivity contribution >= 4 is 0 Å². The number of ether oxygens (including phenoxy) is 1. The maximum atomic E-state index is 5.88. The second-order valence-corrected chi connectivity index (χ2v) is 5.46. The highest BCUT2D eigenvalue weighted by atomic mass is 16.5. The summed E-state index contributed by atoms with van der Waals surface area (Å²) < 4.78 is 5.88. The summed E-state index contributed by atoms with van der Waals surface area (Å²) >= 11 is 0. The van der Waals surface area contributed by atoms with E-state index >= 15 is 0 Å². The van der Waals surface area contributed by atoms with Gasteiger partial charge in [0.1, 0.15) is 0 Å². The second-order valence-electron chi connectivity index (χ2n) is 5.46. The van der Waals surface area contributed by atoms with Gasteiger partial charge in [-0.15, -0.1) is 0 Å². The van der Waals surface area contributed by atoms with Crippen LogP contribution in [0.15, 0.2) is 0 Å². The average Bonchev–Trinajstić information content (AvgIpc) is 2.97. The molecule has 0 aromatic heterocycles. The Balaban J connectivity index is 1.60. The van der Waals surface area contributed by atoms with Gasteiger partial charge in [0, 0.05) is 25.7 Å². The highest BCUT2D eigenvalue weighted by Crippen LogP contribution is 2.34. The number of rotatable bonds is 6. The van der Waals surface area contributed by atoms with Crippen molar-refractivity contribution in [3.05, 3.63) is 0 Å². The average molecular weight is 212 g/mol. The molecule has 15 heavy (non-hydrogen) atoms. The largest absolute Gasteiger partial charge is 0.371 e. The zero-order valence-electron chi connectivity index (χ0n) is 10.3. The first-order valence-corrected chi connectivity index (χ1v) is 6.16. The summed E-state index contributed by atoms with van der Waals surface area (Å²) in [5.74, 6) is 0.955. The molecule has 1 saturated heterocycles. The molecular weight excluding hydrogens is 188 g/mol. The molecule has 1 atom stereocenters. The maximum Gasteiger partial charge on any atom is 0.0902 e. The van der Waals surface area contributed by atoms with Crippen molar-refractivity contribution in [3.63, 3.8) is 0 Å². The van der Waals surface area contributed by atoms with Gasteiger partial charge in [-0.1, -0.05) is 0 Å². The number of nitrogens with one attached hydrogen (secondary N) is 1. The van der Waals surface area contributed by atoms with Crippen molar-refractivity contribution in [2.45, 2.75) is 38.3 Å². The minimum Gasteiger partial charge on any atom is -0.371 e. The van der Waals surface area contributed by atoms with E-state index in [4.69, 9.17) is 4.74 Å². The van der Waals surface area contributed by atoms with Gasteiger partial charge in [-0.3, -0.25) is 0 Å². The molecule has 2 rings (SSSR count). The minimum atomic E-state index is 0.115. The molecule has 0 spiro atoms. The van der Waals surface area contributed by atoms with Crippen molar-refractivity contribution in [3.8, 4) is 0 Å². The molecule has 1 N–H and O–H groups in total. The molecule has 0 aromatic carbocycles. The molecule has 0 bridgehead atoms. The molecule has 2 fully saturated rings. The predicted molar refractivity (Wildman–Crippen MR) is 62.0 cm³/mol. The lowest BCUT2D eigenvalue weighted by Gasteiger charge is -2.39. The number of nitrogens with zero attached hydrogens (tertiary/aromatic N) is 1. The zero-order chi connectivity index (χ0) is 10.9. The monoisotopic (exact) mass is 212 g/mol. The van der Waals surface area contributed by atoms with Crippen LogP contribution in [-0.4, -0.2) is 49.8 Å². The highest BCUT2D eigenvalue weighted by molar-refractivity contribution is 4.90. The van der Waals surface area contributed by atoms with E-state index in [0.29, 0.717) is 0 Å². The van der Waals surface area contributed by atoms with E-state index < -0.39 is 0 Å². The van der Waals surface area contributed by atoms with Crippen LogP contribution in [0.2, 0.25) is 0 Å². The van der Waals surface area contributed by atoms with Crippen LogP contribution < -0.4 is 5.32 Å². The number of likely N-dealkylation sites (N-methyl/N-ethyl adjacent to an activating group) is 1. The Morgan fingerprint density at radius 2 is 2.13 bits per heavy atom. The molecular formula is C12H24N2O. The minimum absolute atomic E-state index is 0.115. The van der Waals surface area contributed by atoms with Gasteiger partial charge in [0.05, 0.1) is 12.2 Å². The van der Waals surface area contributed by atoms with Crippen LogP contribution in [0.4, 0.5) is 0 Å². The van der Waals surface area contributed by atoms with Gasteiger partial charge in [0.2, 0.25) is 0 Å². The van der Waals surface area contributed by atoms with Gasteiger partial charge in [-0.2, -0.15) is 0 Å². The first kappa shape index (κ1) is 11.4. The SMILES string of the molecule is CC(C1CC1)N(C)CCOC1(C)CNC1. The van der Waals surface area contributed by atoms with Gasteiger partial charge < -0.3 is 15.0 Å². The highest BCUT2D eigenvalue weighted by Gasteiger charge is 2.33. The standard InChI is InChI=1S/C12H24N2O/c1-10(11-4-5-11)14(3)6-7-15-12(2)8-13-9-12/h10-11,13H,4-9H2,1-3H3. The molecule has 1 saturated carbocycles. The maximum absolute atomic E-state index is 5.88. The summed E-state index contributed by atoms with van der Waals surface area (Å²) in [4.78, 5) is 2.44. The topological polar surface area (TPSA) is 24.5 Å². The predicted octanol–water partition coefficient (Wildman–Crippen LogP) is 1.10. The Hall–Kier alpha value is -0.120. The van der Waals surface area contributed by atoms with Gasteiger partial charge in [-0.25, -0.2) is 0 Å². The normalized spacial score (nSPS) is 26.4. The van der Waals surface area contributed by atoms with Crippen molar-refractivity contribution in [2.75, 3.05) is 33.3 Å². The fraction of sp³-hybridized carbons (Fsp3) is 1.00. The first-order valence-electron chi connectivity index (χ1n) is 6.16. The van der Waals surface area contributed by atoms with Crippen LogP contribution in [0.5, 0.6) is 0 Å². The van der Waals surface area contributed by atoms with Crippen molar-refractivity contribution < 1.29 is 4.74 Å². The number of hydrogen-bond donors (Lipinski definition) is 1. The van der Waals surface area contributed by atoms with E-state index in [1.807, 2.05) is 0 Å². The van der Waals surface area contributed by atoms with Crippen molar-refractivity contribution in [1.29, 1.82) is 0 Å². The lowest BCUT2D eigenvalue weighted by atomic mass is 10.0. The summed E-state index contributed by atoms with van der Waals surface area (Å²) in [5.41, 5.74) is 0.115. The summed E-state index contributed by atoms with van der Waals surface area (Å²) in [6.45, 7) is 8.47. The molecule has 1 heterocycles. The molecule has 3 heteroatoms. The molecule has 1 aliphatic heterocycles. The van der Waals surface area contributed by atoms with E-state index in [1.54, 1.807) is 0 Å². The quantitative estimate of drug-likeness (QED) is 0.713. The van der Waals surface area contributed by atoms with Crippen LogP contribution in [0.1, 0.15) is 26.7 Å². The molecule has 1 unspecified atom stereocenters. The molecule has 0 amide bonds. The van der Waals surface area contributed by atoms with E-state index in [9.17, 15) is 0 Å². The summed E-state index contributed by atoms with van der Waals surface area (Å²) in [6, 6.07) is 0.737. The van der Waals surface area contributed by atoms with Crippen LogP contribution in [0.3, 0.4) is 0 Å². The van der Waals surface area contributed by atoms with E-state index in [0.717, 1.165) is 38.2 Å². The van der Waals surface area contributed by atoms with Crippen LogP contribution >= 0.6 is 0 Å². The van der Waals surface area contributed by atoms with Gasteiger partial charge in [0.25, 0.3) is 0 Å². The Bertz CT molecular complexity index is 212. The third-order valence-electron chi connectivity index (χ3n) is 3.89. The zero-order valence-corrected chi connectivity index (χ0v) is 10.3. The lowest BCUT2D eigenvalue weighted by Crippen LogP contribution is -2.59. The summed E-state index contributed by atoms with van der Waals surface area (Å²) in [5, 5.41) is 3.25. The molecule has 1 aliphatic carbocycles. The van der Waals surface area contributed by atoms with E-state index in [-0.39, 0.29) is 5.60 Å². The summed E-state index contributed by atoms with van der Waals surface area (Å²) in [7, 11) is 2.22.